The average Bonchev–Trinajstić information content (AvgIpc) is 2.71. The van der Waals surface area contributed by atoms with Crippen LogP contribution in [0.1, 0.15) is 90.9 Å². The van der Waals surface area contributed by atoms with Crippen molar-refractivity contribution in [3.8, 4) is 0 Å². The van der Waals surface area contributed by atoms with E-state index >= 15 is 0 Å². The Kier molecular flexibility index (Phi) is 12.9. The van der Waals surface area contributed by atoms with E-state index in [-0.39, 0.29) is 19.1 Å². The Balaban J connectivity index is 0.000000646. The summed E-state index contributed by atoms with van der Waals surface area (Å²) in [5, 5.41) is 18.7. The SMILES string of the molecule is C=C(C)C=O.CCCCCC1CCC(C2CCC(C(CO)CO)CC2)CC1. The van der Waals surface area contributed by atoms with E-state index < -0.39 is 0 Å². The third-order valence-electron chi connectivity index (χ3n) is 6.93. The van der Waals surface area contributed by atoms with Crippen LogP contribution in [0.3, 0.4) is 0 Å². The Morgan fingerprint density at radius 1 is 0.963 bits per heavy atom. The zero-order valence-electron chi connectivity index (χ0n) is 17.9. The lowest BCUT2D eigenvalue weighted by molar-refractivity contribution is -0.104. The minimum absolute atomic E-state index is 0.134. The van der Waals surface area contributed by atoms with Gasteiger partial charge in [0.25, 0.3) is 0 Å². The van der Waals surface area contributed by atoms with Crippen molar-refractivity contribution in [1.29, 1.82) is 0 Å². The van der Waals surface area contributed by atoms with Gasteiger partial charge < -0.3 is 10.2 Å². The lowest BCUT2D eigenvalue weighted by atomic mass is 9.67. The second-order valence-corrected chi connectivity index (χ2v) is 9.04. The number of carbonyl (C=O) groups excluding carboxylic acids is 1. The molecule has 3 heteroatoms. The molecule has 0 heterocycles. The summed E-state index contributed by atoms with van der Waals surface area (Å²) < 4.78 is 0. The third-order valence-corrected chi connectivity index (χ3v) is 6.93. The first-order chi connectivity index (χ1) is 13.0. The van der Waals surface area contributed by atoms with E-state index in [0.717, 1.165) is 24.0 Å². The highest BCUT2D eigenvalue weighted by atomic mass is 16.3. The van der Waals surface area contributed by atoms with Crippen LogP contribution in [0.4, 0.5) is 0 Å². The molecule has 0 aromatic rings. The predicted molar refractivity (Wildman–Crippen MR) is 114 cm³/mol. The molecule has 0 aromatic carbocycles. The van der Waals surface area contributed by atoms with Gasteiger partial charge in [-0.15, -0.1) is 0 Å². The largest absolute Gasteiger partial charge is 0.396 e. The molecule has 0 radical (unpaired) electrons. The van der Waals surface area contributed by atoms with Gasteiger partial charge in [-0.3, -0.25) is 4.79 Å². The van der Waals surface area contributed by atoms with Gasteiger partial charge in [-0.25, -0.2) is 0 Å². The number of allylic oxidation sites excluding steroid dienone is 1. The molecule has 27 heavy (non-hydrogen) atoms. The lowest BCUT2D eigenvalue weighted by Crippen LogP contribution is -2.30. The normalized spacial score (nSPS) is 28.3. The smallest absolute Gasteiger partial charge is 0.145 e. The van der Waals surface area contributed by atoms with Crippen molar-refractivity contribution in [3.05, 3.63) is 12.2 Å². The summed E-state index contributed by atoms with van der Waals surface area (Å²) in [6.07, 6.45) is 17.4. The number of hydrogen-bond acceptors (Lipinski definition) is 3. The maximum absolute atomic E-state index is 9.41. The molecule has 0 atom stereocenters. The maximum atomic E-state index is 9.41. The highest BCUT2D eigenvalue weighted by Crippen LogP contribution is 2.43. The van der Waals surface area contributed by atoms with E-state index in [1.165, 1.54) is 77.0 Å². The van der Waals surface area contributed by atoms with Crippen LogP contribution in [0.5, 0.6) is 0 Å². The molecule has 2 aliphatic carbocycles. The zero-order chi connectivity index (χ0) is 20.1. The Bertz CT molecular complexity index is 386. The number of unbranched alkanes of at least 4 members (excludes halogenated alkanes) is 2. The van der Waals surface area contributed by atoms with Crippen molar-refractivity contribution < 1.29 is 15.0 Å². The molecule has 2 rings (SSSR count). The summed E-state index contributed by atoms with van der Waals surface area (Å²) in [6.45, 7) is 7.59. The highest BCUT2D eigenvalue weighted by Gasteiger charge is 2.32. The van der Waals surface area contributed by atoms with Crippen LogP contribution in [0.25, 0.3) is 0 Å². The van der Waals surface area contributed by atoms with E-state index in [1.54, 1.807) is 6.92 Å². The summed E-state index contributed by atoms with van der Waals surface area (Å²) in [4.78, 5) is 9.41. The zero-order valence-corrected chi connectivity index (χ0v) is 17.9. The first-order valence-electron chi connectivity index (χ1n) is 11.4. The molecule has 0 unspecified atom stereocenters. The first-order valence-corrected chi connectivity index (χ1v) is 11.4. The summed E-state index contributed by atoms with van der Waals surface area (Å²) >= 11 is 0. The predicted octanol–water partition coefficient (Wildman–Crippen LogP) is 5.54. The summed E-state index contributed by atoms with van der Waals surface area (Å²) in [5.74, 6) is 3.63. The van der Waals surface area contributed by atoms with Crippen LogP contribution >= 0.6 is 0 Å². The van der Waals surface area contributed by atoms with Gasteiger partial charge in [0.1, 0.15) is 6.29 Å². The number of carbonyl (C=O) groups is 1. The van der Waals surface area contributed by atoms with Crippen molar-refractivity contribution in [2.24, 2.45) is 29.6 Å². The van der Waals surface area contributed by atoms with Crippen LogP contribution < -0.4 is 0 Å². The molecule has 158 valence electrons. The van der Waals surface area contributed by atoms with E-state index in [4.69, 9.17) is 0 Å². The van der Waals surface area contributed by atoms with E-state index in [2.05, 4.69) is 13.5 Å². The topological polar surface area (TPSA) is 57.5 Å². The fourth-order valence-corrected chi connectivity index (χ4v) is 5.07. The number of hydrogen-bond donors (Lipinski definition) is 2. The lowest BCUT2D eigenvalue weighted by Gasteiger charge is -2.39. The van der Waals surface area contributed by atoms with Crippen molar-refractivity contribution in [2.75, 3.05) is 13.2 Å². The summed E-state index contributed by atoms with van der Waals surface area (Å²) in [5.41, 5.74) is 0.574. The fraction of sp³-hybridized carbons (Fsp3) is 0.875. The van der Waals surface area contributed by atoms with Crippen LogP contribution in [0.2, 0.25) is 0 Å². The van der Waals surface area contributed by atoms with Gasteiger partial charge in [-0.1, -0.05) is 52.0 Å². The summed E-state index contributed by atoms with van der Waals surface area (Å²) in [6, 6.07) is 0. The van der Waals surface area contributed by atoms with Crippen molar-refractivity contribution in [2.45, 2.75) is 90.9 Å². The summed E-state index contributed by atoms with van der Waals surface area (Å²) in [7, 11) is 0. The second kappa shape index (κ2) is 14.3. The van der Waals surface area contributed by atoms with Crippen LogP contribution in [-0.4, -0.2) is 29.7 Å². The Morgan fingerprint density at radius 3 is 1.85 bits per heavy atom. The van der Waals surface area contributed by atoms with Crippen LogP contribution in [0, 0.1) is 29.6 Å². The Labute approximate surface area is 167 Å². The monoisotopic (exact) mass is 380 g/mol. The van der Waals surface area contributed by atoms with Gasteiger partial charge in [0, 0.05) is 19.1 Å². The van der Waals surface area contributed by atoms with Gasteiger partial charge in [0.05, 0.1) is 0 Å². The number of aldehydes is 1. The van der Waals surface area contributed by atoms with E-state index in [0.29, 0.717) is 11.5 Å². The molecule has 0 aliphatic heterocycles. The molecule has 0 spiro atoms. The molecule has 0 aromatic heterocycles. The van der Waals surface area contributed by atoms with Crippen LogP contribution in [-0.2, 0) is 4.79 Å². The molecule has 0 saturated heterocycles. The van der Waals surface area contributed by atoms with Crippen molar-refractivity contribution in [3.63, 3.8) is 0 Å². The molecule has 2 saturated carbocycles. The van der Waals surface area contributed by atoms with Crippen molar-refractivity contribution in [1.82, 2.24) is 0 Å². The minimum Gasteiger partial charge on any atom is -0.396 e. The third kappa shape index (κ3) is 9.38. The number of aliphatic hydroxyl groups is 2. The number of aliphatic hydroxyl groups excluding tert-OH is 2. The molecule has 2 aliphatic rings. The molecular weight excluding hydrogens is 336 g/mol. The maximum Gasteiger partial charge on any atom is 0.145 e. The van der Waals surface area contributed by atoms with E-state index in [9.17, 15) is 15.0 Å². The molecule has 3 nitrogen and oxygen atoms in total. The second-order valence-electron chi connectivity index (χ2n) is 9.04. The highest BCUT2D eigenvalue weighted by molar-refractivity contribution is 5.70. The standard InChI is InChI=1S/C20H38O2.C4H6O/c1-2-3-4-5-16-6-8-17(9-7-16)18-10-12-19(13-11-18)20(14-21)15-22;1-4(2)3-5/h16-22H,2-15H2,1H3;3H,1H2,2H3. The molecule has 2 N–H and O–H groups in total. The van der Waals surface area contributed by atoms with Crippen molar-refractivity contribution >= 4 is 6.29 Å². The average molecular weight is 381 g/mol. The molecular formula is C24H44O3. The molecule has 2 fully saturated rings. The van der Waals surface area contributed by atoms with E-state index in [1.807, 2.05) is 0 Å². The molecule has 0 bridgehead atoms. The number of rotatable bonds is 9. The minimum atomic E-state index is 0.134. The molecule has 0 amide bonds. The Hall–Kier alpha value is -0.670. The fourth-order valence-electron chi connectivity index (χ4n) is 5.07. The van der Waals surface area contributed by atoms with Gasteiger partial charge >= 0.3 is 0 Å². The first kappa shape index (κ1) is 24.4. The van der Waals surface area contributed by atoms with Gasteiger partial charge in [0.2, 0.25) is 0 Å². The quantitative estimate of drug-likeness (QED) is 0.313. The van der Waals surface area contributed by atoms with Gasteiger partial charge in [-0.2, -0.15) is 0 Å². The van der Waals surface area contributed by atoms with Crippen LogP contribution in [0.15, 0.2) is 12.2 Å². The Morgan fingerprint density at radius 2 is 1.44 bits per heavy atom. The van der Waals surface area contributed by atoms with Gasteiger partial charge in [-0.05, 0) is 74.7 Å². The van der Waals surface area contributed by atoms with Gasteiger partial charge in [0.15, 0.2) is 0 Å².